The van der Waals surface area contributed by atoms with E-state index in [0.717, 1.165) is 13.8 Å². The molecule has 0 aromatic heterocycles. The van der Waals surface area contributed by atoms with Crippen molar-refractivity contribution in [2.45, 2.75) is 64.0 Å². The molecular formula is C17H24O11. The Hall–Kier alpha value is -2.24. The number of esters is 4. The van der Waals surface area contributed by atoms with Crippen LogP contribution < -0.4 is 0 Å². The number of rotatable bonds is 6. The molecule has 2 aliphatic heterocycles. The first-order valence-electron chi connectivity index (χ1n) is 8.59. The highest BCUT2D eigenvalue weighted by atomic mass is 16.7. The molecule has 11 nitrogen and oxygen atoms in total. The van der Waals surface area contributed by atoms with Crippen molar-refractivity contribution in [2.75, 3.05) is 20.3 Å². The molecule has 2 heterocycles. The predicted molar refractivity (Wildman–Crippen MR) is 87.6 cm³/mol. The summed E-state index contributed by atoms with van der Waals surface area (Å²) in [7, 11) is 1.33. The Balaban J connectivity index is 2.55. The zero-order chi connectivity index (χ0) is 21.1. The SMILES string of the molecule is CO[C@H]1O[C@H](COC(C)=O)[C@@H](OC(C)=O)[C@@]2(OC(C)=O)[C@@H](OC(C)=O)CO[C@@H]12. The van der Waals surface area contributed by atoms with E-state index < -0.39 is 60.2 Å². The summed E-state index contributed by atoms with van der Waals surface area (Å²) in [6.07, 6.45) is -5.62. The predicted octanol–water partition coefficient (Wildman–Crippen LogP) is -0.515. The minimum Gasteiger partial charge on any atom is -0.463 e. The van der Waals surface area contributed by atoms with Crippen molar-refractivity contribution in [3.63, 3.8) is 0 Å². The molecule has 11 heteroatoms. The van der Waals surface area contributed by atoms with Gasteiger partial charge in [-0.05, 0) is 0 Å². The fourth-order valence-electron chi connectivity index (χ4n) is 3.49. The molecule has 2 aliphatic rings. The Bertz CT molecular complexity index is 633. The molecule has 0 saturated carbocycles. The van der Waals surface area contributed by atoms with E-state index in [1.54, 1.807) is 0 Å². The van der Waals surface area contributed by atoms with Crippen LogP contribution in [0.25, 0.3) is 0 Å². The molecule has 0 aromatic carbocycles. The van der Waals surface area contributed by atoms with Gasteiger partial charge in [-0.25, -0.2) is 0 Å². The highest BCUT2D eigenvalue weighted by Crippen LogP contribution is 2.45. The summed E-state index contributed by atoms with van der Waals surface area (Å²) in [5.74, 6) is -2.69. The van der Waals surface area contributed by atoms with Gasteiger partial charge in [-0.15, -0.1) is 0 Å². The third-order valence-electron chi connectivity index (χ3n) is 4.32. The lowest BCUT2D eigenvalue weighted by Gasteiger charge is -2.49. The van der Waals surface area contributed by atoms with E-state index in [0.29, 0.717) is 0 Å². The first-order chi connectivity index (χ1) is 13.1. The van der Waals surface area contributed by atoms with Crippen LogP contribution in [0.4, 0.5) is 0 Å². The van der Waals surface area contributed by atoms with Gasteiger partial charge in [-0.3, -0.25) is 19.2 Å². The maximum Gasteiger partial charge on any atom is 0.303 e. The van der Waals surface area contributed by atoms with E-state index in [1.807, 2.05) is 0 Å². The van der Waals surface area contributed by atoms with E-state index in [-0.39, 0.29) is 13.2 Å². The zero-order valence-corrected chi connectivity index (χ0v) is 16.3. The number of hydrogen-bond donors (Lipinski definition) is 0. The lowest BCUT2D eigenvalue weighted by atomic mass is 9.80. The highest BCUT2D eigenvalue weighted by Gasteiger charge is 2.70. The molecule has 158 valence electrons. The summed E-state index contributed by atoms with van der Waals surface area (Å²) in [6.45, 7) is 4.20. The quantitative estimate of drug-likeness (QED) is 0.418. The Morgan fingerprint density at radius 1 is 0.964 bits per heavy atom. The van der Waals surface area contributed by atoms with Gasteiger partial charge in [0.25, 0.3) is 0 Å². The number of carbonyl (C=O) groups is 4. The van der Waals surface area contributed by atoms with E-state index in [1.165, 1.54) is 21.0 Å². The third kappa shape index (κ3) is 4.42. The van der Waals surface area contributed by atoms with Crippen molar-refractivity contribution >= 4 is 23.9 Å². The maximum atomic E-state index is 12.0. The van der Waals surface area contributed by atoms with Crippen molar-refractivity contribution in [2.24, 2.45) is 0 Å². The highest BCUT2D eigenvalue weighted by molar-refractivity contribution is 5.69. The molecule has 2 fully saturated rings. The van der Waals surface area contributed by atoms with E-state index >= 15 is 0 Å². The number of fused-ring (bicyclic) bond motifs is 1. The lowest BCUT2D eigenvalue weighted by Crippen LogP contribution is -2.72. The van der Waals surface area contributed by atoms with Crippen LogP contribution in [0.2, 0.25) is 0 Å². The molecule has 2 saturated heterocycles. The Kier molecular flexibility index (Phi) is 6.96. The van der Waals surface area contributed by atoms with E-state index in [2.05, 4.69) is 0 Å². The molecule has 0 unspecified atom stereocenters. The Labute approximate surface area is 161 Å². The topological polar surface area (TPSA) is 133 Å². The minimum absolute atomic E-state index is 0.154. The van der Waals surface area contributed by atoms with Crippen LogP contribution in [0.3, 0.4) is 0 Å². The second-order valence-corrected chi connectivity index (χ2v) is 6.41. The molecule has 6 atom stereocenters. The monoisotopic (exact) mass is 404 g/mol. The van der Waals surface area contributed by atoms with Gasteiger partial charge in [0.2, 0.25) is 5.60 Å². The van der Waals surface area contributed by atoms with Gasteiger partial charge < -0.3 is 33.2 Å². The van der Waals surface area contributed by atoms with E-state index in [9.17, 15) is 19.2 Å². The van der Waals surface area contributed by atoms with Crippen molar-refractivity contribution in [1.82, 2.24) is 0 Å². The molecule has 28 heavy (non-hydrogen) atoms. The second kappa shape index (κ2) is 8.84. The molecule has 0 N–H and O–H groups in total. The van der Waals surface area contributed by atoms with Gasteiger partial charge in [-0.1, -0.05) is 0 Å². The summed E-state index contributed by atoms with van der Waals surface area (Å²) in [4.78, 5) is 46.6. The van der Waals surface area contributed by atoms with Crippen molar-refractivity contribution in [3.8, 4) is 0 Å². The van der Waals surface area contributed by atoms with Crippen LogP contribution in [0, 0.1) is 0 Å². The van der Waals surface area contributed by atoms with E-state index in [4.69, 9.17) is 33.2 Å². The summed E-state index contributed by atoms with van der Waals surface area (Å²) >= 11 is 0. The fourth-order valence-corrected chi connectivity index (χ4v) is 3.49. The molecule has 0 aromatic rings. The summed E-state index contributed by atoms with van der Waals surface area (Å²) in [6, 6.07) is 0. The van der Waals surface area contributed by atoms with Crippen LogP contribution in [0.15, 0.2) is 0 Å². The average Bonchev–Trinajstić information content (AvgIpc) is 2.91. The Morgan fingerprint density at radius 3 is 2.11 bits per heavy atom. The summed E-state index contributed by atoms with van der Waals surface area (Å²) < 4.78 is 38.0. The fraction of sp³-hybridized carbons (Fsp3) is 0.765. The molecule has 0 spiro atoms. The number of ether oxygens (including phenoxy) is 7. The third-order valence-corrected chi connectivity index (χ3v) is 4.32. The molecule has 2 rings (SSSR count). The zero-order valence-electron chi connectivity index (χ0n) is 16.3. The van der Waals surface area contributed by atoms with Gasteiger partial charge >= 0.3 is 23.9 Å². The number of methoxy groups -OCH3 is 1. The van der Waals surface area contributed by atoms with Gasteiger partial charge in [0.15, 0.2) is 24.6 Å². The first-order valence-corrected chi connectivity index (χ1v) is 8.59. The van der Waals surface area contributed by atoms with Crippen LogP contribution in [-0.4, -0.2) is 80.5 Å². The van der Waals surface area contributed by atoms with Gasteiger partial charge in [0.1, 0.15) is 12.7 Å². The summed E-state index contributed by atoms with van der Waals surface area (Å²) in [5.41, 5.74) is -1.76. The van der Waals surface area contributed by atoms with Gasteiger partial charge in [0.05, 0.1) is 6.61 Å². The maximum absolute atomic E-state index is 12.0. The van der Waals surface area contributed by atoms with Gasteiger partial charge in [-0.2, -0.15) is 0 Å². The van der Waals surface area contributed by atoms with Crippen LogP contribution in [0.5, 0.6) is 0 Å². The van der Waals surface area contributed by atoms with Crippen molar-refractivity contribution < 1.29 is 52.3 Å². The van der Waals surface area contributed by atoms with Crippen LogP contribution in [0.1, 0.15) is 27.7 Å². The van der Waals surface area contributed by atoms with Crippen LogP contribution in [-0.2, 0) is 52.3 Å². The largest absolute Gasteiger partial charge is 0.463 e. The molecule has 0 bridgehead atoms. The number of hydrogen-bond acceptors (Lipinski definition) is 11. The smallest absolute Gasteiger partial charge is 0.303 e. The number of carbonyl (C=O) groups excluding carboxylic acids is 4. The van der Waals surface area contributed by atoms with Gasteiger partial charge in [0, 0.05) is 34.8 Å². The van der Waals surface area contributed by atoms with Crippen molar-refractivity contribution in [1.29, 1.82) is 0 Å². The molecule has 0 amide bonds. The van der Waals surface area contributed by atoms with Crippen LogP contribution >= 0.6 is 0 Å². The minimum atomic E-state index is -1.76. The average molecular weight is 404 g/mol. The normalized spacial score (nSPS) is 34.1. The molecular weight excluding hydrogens is 380 g/mol. The standard InChI is InChI=1S/C17H24O11/c1-8(18)23-6-12-14(26-10(3)20)17(28-11(4)21)13(25-9(2)19)7-24-15(17)16(22-5)27-12/h12-16H,6-7H2,1-5H3/t12-,13+,14-,15+,16+,17+/m1/s1. The molecule has 0 aliphatic carbocycles. The summed E-state index contributed by atoms with van der Waals surface area (Å²) in [5, 5.41) is 0. The lowest BCUT2D eigenvalue weighted by molar-refractivity contribution is -0.326. The second-order valence-electron chi connectivity index (χ2n) is 6.41. The Morgan fingerprint density at radius 2 is 1.61 bits per heavy atom. The first kappa shape index (κ1) is 22.1. The van der Waals surface area contributed by atoms with Crippen molar-refractivity contribution in [3.05, 3.63) is 0 Å². The molecule has 0 radical (unpaired) electrons.